The molecule has 0 bridgehead atoms. The summed E-state index contributed by atoms with van der Waals surface area (Å²) in [5.74, 6) is 0.130. The first kappa shape index (κ1) is 15.5. The summed E-state index contributed by atoms with van der Waals surface area (Å²) in [5.41, 5.74) is 6.69. The van der Waals surface area contributed by atoms with Crippen LogP contribution in [0.5, 0.6) is 0 Å². The Bertz CT molecular complexity index is 1230. The topological polar surface area (TPSA) is 34.4 Å². The summed E-state index contributed by atoms with van der Waals surface area (Å²) in [7, 11) is 0. The number of ketones is 1. The van der Waals surface area contributed by atoms with Crippen LogP contribution in [-0.4, -0.2) is 15.2 Å². The van der Waals surface area contributed by atoms with Crippen molar-refractivity contribution in [3.8, 4) is 11.3 Å². The minimum Gasteiger partial charge on any atom is -0.313 e. The summed E-state index contributed by atoms with van der Waals surface area (Å²) in [6.07, 6.45) is 6.33. The van der Waals surface area contributed by atoms with E-state index in [2.05, 4.69) is 63.7 Å². The van der Waals surface area contributed by atoms with Crippen LogP contribution in [0.25, 0.3) is 33.8 Å². The van der Waals surface area contributed by atoms with Gasteiger partial charge in [0.1, 0.15) is 0 Å². The first-order valence-corrected chi connectivity index (χ1v) is 9.32. The lowest BCUT2D eigenvalue weighted by Gasteiger charge is -2.14. The molecule has 0 N–H and O–H groups in total. The smallest absolute Gasteiger partial charge is 0.169 e. The van der Waals surface area contributed by atoms with Crippen molar-refractivity contribution in [3.63, 3.8) is 0 Å². The first-order chi connectivity index (χ1) is 12.6. The van der Waals surface area contributed by atoms with Gasteiger partial charge in [-0.1, -0.05) is 35.9 Å². The average Bonchev–Trinajstić information content (AvgIpc) is 3.00. The van der Waals surface area contributed by atoms with E-state index in [1.807, 2.05) is 24.4 Å². The molecule has 0 unspecified atom stereocenters. The molecule has 0 radical (unpaired) electrons. The minimum atomic E-state index is 0.130. The molecule has 4 heteroatoms. The number of rotatable bonds is 1. The van der Waals surface area contributed by atoms with Gasteiger partial charge in [-0.05, 0) is 47.1 Å². The van der Waals surface area contributed by atoms with Gasteiger partial charge in [0.05, 0.1) is 22.5 Å². The number of Topliss-reactive ketones (excluding diaryl/α,β-unsaturated/α-hetero) is 1. The van der Waals surface area contributed by atoms with Crippen LogP contribution in [0, 0.1) is 6.92 Å². The van der Waals surface area contributed by atoms with Crippen LogP contribution in [0.15, 0.2) is 59.2 Å². The number of carbonyl (C=O) groups is 1. The van der Waals surface area contributed by atoms with Crippen molar-refractivity contribution in [2.45, 2.75) is 13.3 Å². The van der Waals surface area contributed by atoms with Gasteiger partial charge in [0.2, 0.25) is 0 Å². The maximum atomic E-state index is 12.6. The largest absolute Gasteiger partial charge is 0.313 e. The molecule has 0 amide bonds. The number of fused-ring (bicyclic) bond motifs is 5. The number of carbonyl (C=O) groups excluding carboxylic acids is 1. The second-order valence-electron chi connectivity index (χ2n) is 6.67. The van der Waals surface area contributed by atoms with E-state index in [9.17, 15) is 4.79 Å². The van der Waals surface area contributed by atoms with Crippen LogP contribution in [0.4, 0.5) is 0 Å². The molecule has 1 aliphatic rings. The molecule has 1 aromatic carbocycles. The second-order valence-corrected chi connectivity index (χ2v) is 7.58. The molecular formula is C22H15BrN2O. The fraction of sp³-hybridized carbons (Fsp3) is 0.0909. The van der Waals surface area contributed by atoms with E-state index >= 15 is 0 Å². The van der Waals surface area contributed by atoms with E-state index in [0.29, 0.717) is 6.42 Å². The lowest BCUT2D eigenvalue weighted by Crippen LogP contribution is -2.08. The normalized spacial score (nSPS) is 13.5. The molecule has 0 aliphatic heterocycles. The van der Waals surface area contributed by atoms with Gasteiger partial charge in [-0.2, -0.15) is 0 Å². The Labute approximate surface area is 159 Å². The van der Waals surface area contributed by atoms with Crippen LogP contribution in [0.2, 0.25) is 0 Å². The van der Waals surface area contributed by atoms with Gasteiger partial charge in [0, 0.05) is 33.6 Å². The molecular weight excluding hydrogens is 388 g/mol. The predicted molar refractivity (Wildman–Crippen MR) is 109 cm³/mol. The van der Waals surface area contributed by atoms with Gasteiger partial charge in [-0.15, -0.1) is 0 Å². The second kappa shape index (κ2) is 5.64. The van der Waals surface area contributed by atoms with Crippen molar-refractivity contribution < 1.29 is 4.79 Å². The summed E-state index contributed by atoms with van der Waals surface area (Å²) in [5, 5.41) is 0.970. The highest BCUT2D eigenvalue weighted by atomic mass is 79.9. The number of pyridine rings is 2. The van der Waals surface area contributed by atoms with Gasteiger partial charge < -0.3 is 4.40 Å². The van der Waals surface area contributed by atoms with Gasteiger partial charge in [-0.25, -0.2) is 4.98 Å². The molecule has 0 saturated heterocycles. The highest BCUT2D eigenvalue weighted by Gasteiger charge is 2.23. The zero-order valence-electron chi connectivity index (χ0n) is 14.2. The Morgan fingerprint density at radius 3 is 2.73 bits per heavy atom. The summed E-state index contributed by atoms with van der Waals surface area (Å²) >= 11 is 3.56. The number of hydrogen-bond acceptors (Lipinski definition) is 2. The van der Waals surface area contributed by atoms with E-state index in [-0.39, 0.29) is 5.78 Å². The molecule has 3 nitrogen and oxygen atoms in total. The van der Waals surface area contributed by atoms with E-state index in [4.69, 9.17) is 4.98 Å². The van der Waals surface area contributed by atoms with Gasteiger partial charge in [0.15, 0.2) is 5.78 Å². The third-order valence-corrected chi connectivity index (χ3v) is 5.37. The highest BCUT2D eigenvalue weighted by molar-refractivity contribution is 9.10. The SMILES string of the molecule is Cc1ccc(-c2nc3c(c4cc5ccc(Br)cn5c24)C(=O)CC=C3)cc1. The Morgan fingerprint density at radius 1 is 1.12 bits per heavy atom. The molecule has 3 heterocycles. The summed E-state index contributed by atoms with van der Waals surface area (Å²) in [6.45, 7) is 2.07. The molecule has 3 aromatic heterocycles. The number of allylic oxidation sites excluding steroid dienone is 1. The molecule has 1 aliphatic carbocycles. The molecule has 0 saturated carbocycles. The van der Waals surface area contributed by atoms with Crippen molar-refractivity contribution in [2.24, 2.45) is 0 Å². The number of benzene rings is 1. The Balaban J connectivity index is 1.98. The zero-order valence-corrected chi connectivity index (χ0v) is 15.7. The summed E-state index contributed by atoms with van der Waals surface area (Å²) < 4.78 is 3.11. The van der Waals surface area contributed by atoms with E-state index in [1.54, 1.807) is 0 Å². The molecule has 0 spiro atoms. The van der Waals surface area contributed by atoms with E-state index < -0.39 is 0 Å². The van der Waals surface area contributed by atoms with Crippen molar-refractivity contribution in [1.82, 2.24) is 9.38 Å². The number of nitrogens with zero attached hydrogens (tertiary/aromatic N) is 2. The quantitative estimate of drug-likeness (QED) is 0.401. The highest BCUT2D eigenvalue weighted by Crippen LogP contribution is 2.36. The lowest BCUT2D eigenvalue weighted by molar-refractivity contribution is 0.0996. The summed E-state index contributed by atoms with van der Waals surface area (Å²) in [4.78, 5) is 17.5. The van der Waals surface area contributed by atoms with Crippen molar-refractivity contribution in [3.05, 3.63) is 76.0 Å². The molecule has 126 valence electrons. The third-order valence-electron chi connectivity index (χ3n) is 4.90. The first-order valence-electron chi connectivity index (χ1n) is 8.53. The van der Waals surface area contributed by atoms with Crippen molar-refractivity contribution >= 4 is 44.2 Å². The minimum absolute atomic E-state index is 0.130. The molecule has 4 aromatic rings. The Hall–Kier alpha value is -2.72. The van der Waals surface area contributed by atoms with Crippen LogP contribution >= 0.6 is 15.9 Å². The maximum Gasteiger partial charge on any atom is 0.169 e. The Morgan fingerprint density at radius 2 is 1.92 bits per heavy atom. The molecule has 5 rings (SSSR count). The monoisotopic (exact) mass is 402 g/mol. The lowest BCUT2D eigenvalue weighted by atomic mass is 9.95. The van der Waals surface area contributed by atoms with E-state index in [1.165, 1.54) is 5.56 Å². The zero-order chi connectivity index (χ0) is 17.8. The molecule has 0 atom stereocenters. The van der Waals surface area contributed by atoms with Crippen LogP contribution in [0.3, 0.4) is 0 Å². The van der Waals surface area contributed by atoms with Gasteiger partial charge in [-0.3, -0.25) is 4.79 Å². The summed E-state index contributed by atoms with van der Waals surface area (Å²) in [6, 6.07) is 14.5. The fourth-order valence-corrected chi connectivity index (χ4v) is 3.99. The standard InChI is InChI=1S/C22H15BrN2O/c1-13-5-7-14(8-6-13)21-22-17(11-16-10-9-15(23)12-25(16)22)20-18(24-21)3-2-4-19(20)26/h2-3,5-12H,4H2,1H3. The van der Waals surface area contributed by atoms with Crippen LogP contribution in [0.1, 0.15) is 28.0 Å². The number of hydrogen-bond donors (Lipinski definition) is 0. The van der Waals surface area contributed by atoms with Crippen LogP contribution < -0.4 is 0 Å². The van der Waals surface area contributed by atoms with Crippen molar-refractivity contribution in [1.29, 1.82) is 0 Å². The molecule has 0 fully saturated rings. The van der Waals surface area contributed by atoms with Gasteiger partial charge >= 0.3 is 0 Å². The molecule has 26 heavy (non-hydrogen) atoms. The van der Waals surface area contributed by atoms with Gasteiger partial charge in [0.25, 0.3) is 0 Å². The average molecular weight is 403 g/mol. The number of aromatic nitrogens is 2. The van der Waals surface area contributed by atoms with E-state index in [0.717, 1.165) is 43.4 Å². The number of aryl methyl sites for hydroxylation is 1. The third kappa shape index (κ3) is 2.26. The van der Waals surface area contributed by atoms with Crippen molar-refractivity contribution in [2.75, 3.05) is 0 Å². The Kier molecular flexibility index (Phi) is 3.37. The fourth-order valence-electron chi connectivity index (χ4n) is 3.65. The maximum absolute atomic E-state index is 12.6. The van der Waals surface area contributed by atoms with Crippen LogP contribution in [-0.2, 0) is 0 Å². The number of halogens is 1. The predicted octanol–water partition coefficient (Wildman–Crippen LogP) is 5.83.